The number of rotatable bonds is 6. The monoisotopic (exact) mass is 355 g/mol. The van der Waals surface area contributed by atoms with E-state index in [4.69, 9.17) is 9.47 Å². The van der Waals surface area contributed by atoms with Crippen molar-refractivity contribution in [2.45, 2.75) is 38.8 Å². The molecule has 0 unspecified atom stereocenters. The molecule has 138 valence electrons. The van der Waals surface area contributed by atoms with Crippen LogP contribution in [0.2, 0.25) is 0 Å². The van der Waals surface area contributed by atoms with Crippen LogP contribution in [0.5, 0.6) is 5.75 Å². The molecule has 2 fully saturated rings. The van der Waals surface area contributed by atoms with Gasteiger partial charge in [-0.25, -0.2) is 0 Å². The number of ether oxygens (including phenoxy) is 2. The van der Waals surface area contributed by atoms with Crippen LogP contribution in [0.15, 0.2) is 30.3 Å². The summed E-state index contributed by atoms with van der Waals surface area (Å²) < 4.78 is 11.3. The zero-order valence-electron chi connectivity index (χ0n) is 15.2. The van der Waals surface area contributed by atoms with E-state index in [0.29, 0.717) is 30.2 Å². The lowest BCUT2D eigenvalue weighted by atomic mass is 9.76. The van der Waals surface area contributed by atoms with Crippen molar-refractivity contribution < 1.29 is 14.3 Å². The summed E-state index contributed by atoms with van der Waals surface area (Å²) in [5.74, 6) is 1.70. The van der Waals surface area contributed by atoms with E-state index >= 15 is 0 Å². The second-order valence-electron chi connectivity index (χ2n) is 7.57. The summed E-state index contributed by atoms with van der Waals surface area (Å²) in [4.78, 5) is 12.4. The maximum Gasteiger partial charge on any atom is 0.269 e. The first-order chi connectivity index (χ1) is 12.6. The standard InChI is InChI=1S/C20H25N3O3/c1-12(2)11-26-14-5-3-13(4-6-14)16-9-18(23-22-16)20(24)21-17-10-19-15(17)7-8-25-19/h3-6,9,12,15,17,19H,7-8,10-11H2,1-2H3,(H,21,24)(H,22,23)/t15-,17+,19+/m0/s1. The van der Waals surface area contributed by atoms with Crippen molar-refractivity contribution in [3.8, 4) is 17.0 Å². The van der Waals surface area contributed by atoms with Crippen molar-refractivity contribution in [2.24, 2.45) is 11.8 Å². The molecule has 0 spiro atoms. The SMILES string of the molecule is CC(C)COc1ccc(-c2cc(C(=O)N[C@@H]3C[C@H]4OCC[C@@H]34)[nH]n2)cc1. The van der Waals surface area contributed by atoms with Crippen molar-refractivity contribution in [1.82, 2.24) is 15.5 Å². The molecule has 1 aromatic heterocycles. The number of aromatic nitrogens is 2. The van der Waals surface area contributed by atoms with Crippen LogP contribution >= 0.6 is 0 Å². The summed E-state index contributed by atoms with van der Waals surface area (Å²) in [5.41, 5.74) is 2.19. The highest BCUT2D eigenvalue weighted by atomic mass is 16.5. The lowest BCUT2D eigenvalue weighted by molar-refractivity contribution is 0.00802. The van der Waals surface area contributed by atoms with Crippen molar-refractivity contribution in [1.29, 1.82) is 0 Å². The van der Waals surface area contributed by atoms with Gasteiger partial charge >= 0.3 is 0 Å². The van der Waals surface area contributed by atoms with Crippen LogP contribution in [0.4, 0.5) is 0 Å². The van der Waals surface area contributed by atoms with E-state index in [2.05, 4.69) is 29.4 Å². The topological polar surface area (TPSA) is 76.2 Å². The van der Waals surface area contributed by atoms with Crippen LogP contribution in [-0.4, -0.2) is 41.5 Å². The number of hydrogen-bond donors (Lipinski definition) is 2. The predicted octanol–water partition coefficient (Wildman–Crippen LogP) is 3.02. The Morgan fingerprint density at radius 3 is 2.92 bits per heavy atom. The molecule has 3 atom stereocenters. The molecule has 1 aliphatic carbocycles. The molecular formula is C20H25N3O3. The smallest absolute Gasteiger partial charge is 0.269 e. The van der Waals surface area contributed by atoms with E-state index in [1.54, 1.807) is 6.07 Å². The maximum atomic E-state index is 12.4. The number of hydrogen-bond acceptors (Lipinski definition) is 4. The predicted molar refractivity (Wildman–Crippen MR) is 98.1 cm³/mol. The lowest BCUT2D eigenvalue weighted by Gasteiger charge is -2.39. The van der Waals surface area contributed by atoms with E-state index in [1.807, 2.05) is 24.3 Å². The first kappa shape index (κ1) is 17.1. The number of carbonyl (C=O) groups excluding carboxylic acids is 1. The van der Waals surface area contributed by atoms with Gasteiger partial charge in [-0.2, -0.15) is 5.10 Å². The van der Waals surface area contributed by atoms with E-state index in [1.165, 1.54) is 0 Å². The normalized spacial score (nSPS) is 24.2. The minimum Gasteiger partial charge on any atom is -0.493 e. The summed E-state index contributed by atoms with van der Waals surface area (Å²) >= 11 is 0. The maximum absolute atomic E-state index is 12.4. The lowest BCUT2D eigenvalue weighted by Crippen LogP contribution is -2.53. The van der Waals surface area contributed by atoms with Gasteiger partial charge in [0.2, 0.25) is 0 Å². The molecule has 6 nitrogen and oxygen atoms in total. The highest BCUT2D eigenvalue weighted by molar-refractivity contribution is 5.93. The number of benzene rings is 1. The van der Waals surface area contributed by atoms with Gasteiger partial charge < -0.3 is 14.8 Å². The summed E-state index contributed by atoms with van der Waals surface area (Å²) in [5, 5.41) is 10.2. The quantitative estimate of drug-likeness (QED) is 0.835. The largest absolute Gasteiger partial charge is 0.493 e. The third-order valence-corrected chi connectivity index (χ3v) is 5.14. The Hall–Kier alpha value is -2.34. The minimum absolute atomic E-state index is 0.101. The van der Waals surface area contributed by atoms with E-state index in [0.717, 1.165) is 36.5 Å². The number of nitrogens with zero attached hydrogens (tertiary/aromatic N) is 1. The number of fused-ring (bicyclic) bond motifs is 1. The summed E-state index contributed by atoms with van der Waals surface area (Å²) in [6.45, 7) is 5.75. The van der Waals surface area contributed by atoms with Crippen molar-refractivity contribution in [3.63, 3.8) is 0 Å². The number of aromatic amines is 1. The number of amides is 1. The van der Waals surface area contributed by atoms with E-state index in [9.17, 15) is 4.79 Å². The van der Waals surface area contributed by atoms with Gasteiger partial charge in [0.05, 0.1) is 18.4 Å². The van der Waals surface area contributed by atoms with Gasteiger partial charge in [0.25, 0.3) is 5.91 Å². The molecule has 1 aromatic carbocycles. The molecule has 1 saturated carbocycles. The molecule has 0 radical (unpaired) electrons. The minimum atomic E-state index is -0.101. The molecule has 2 aliphatic rings. The van der Waals surface area contributed by atoms with Crippen LogP contribution in [0.1, 0.15) is 37.2 Å². The Bertz CT molecular complexity index is 769. The third kappa shape index (κ3) is 3.46. The highest BCUT2D eigenvalue weighted by Crippen LogP contribution is 2.38. The Balaban J connectivity index is 1.37. The van der Waals surface area contributed by atoms with Gasteiger partial charge in [-0.15, -0.1) is 0 Å². The molecule has 1 amide bonds. The average Bonchev–Trinajstić information content (AvgIpc) is 3.25. The summed E-state index contributed by atoms with van der Waals surface area (Å²) in [6, 6.07) is 9.79. The average molecular weight is 355 g/mol. The molecule has 0 bridgehead atoms. The van der Waals surface area contributed by atoms with Crippen LogP contribution in [-0.2, 0) is 4.74 Å². The second-order valence-corrected chi connectivity index (χ2v) is 7.57. The fraction of sp³-hybridized carbons (Fsp3) is 0.500. The fourth-order valence-electron chi connectivity index (χ4n) is 3.58. The molecule has 6 heteroatoms. The molecular weight excluding hydrogens is 330 g/mol. The molecule has 26 heavy (non-hydrogen) atoms. The molecule has 1 saturated heterocycles. The fourth-order valence-corrected chi connectivity index (χ4v) is 3.58. The Labute approximate surface area is 153 Å². The Morgan fingerprint density at radius 2 is 2.19 bits per heavy atom. The van der Waals surface area contributed by atoms with E-state index < -0.39 is 0 Å². The molecule has 2 aromatic rings. The molecule has 2 N–H and O–H groups in total. The van der Waals surface area contributed by atoms with Crippen LogP contribution in [0.3, 0.4) is 0 Å². The van der Waals surface area contributed by atoms with Gasteiger partial charge in [0, 0.05) is 24.1 Å². The van der Waals surface area contributed by atoms with Crippen molar-refractivity contribution in [3.05, 3.63) is 36.0 Å². The van der Waals surface area contributed by atoms with Gasteiger partial charge in [-0.1, -0.05) is 13.8 Å². The number of H-pyrrole nitrogens is 1. The van der Waals surface area contributed by atoms with Gasteiger partial charge in [0.1, 0.15) is 11.4 Å². The van der Waals surface area contributed by atoms with Crippen LogP contribution in [0.25, 0.3) is 11.3 Å². The molecule has 4 rings (SSSR count). The van der Waals surface area contributed by atoms with Gasteiger partial charge in [-0.3, -0.25) is 9.89 Å². The highest BCUT2D eigenvalue weighted by Gasteiger charge is 2.45. The Kier molecular flexibility index (Phi) is 4.68. The van der Waals surface area contributed by atoms with E-state index in [-0.39, 0.29) is 11.9 Å². The van der Waals surface area contributed by atoms with Crippen LogP contribution < -0.4 is 10.1 Å². The summed E-state index contributed by atoms with van der Waals surface area (Å²) in [7, 11) is 0. The number of carbonyl (C=O) groups is 1. The molecule has 1 aliphatic heterocycles. The zero-order valence-corrected chi connectivity index (χ0v) is 15.2. The summed E-state index contributed by atoms with van der Waals surface area (Å²) in [6.07, 6.45) is 2.29. The van der Waals surface area contributed by atoms with Crippen LogP contribution in [0, 0.1) is 11.8 Å². The molecule has 2 heterocycles. The van der Waals surface area contributed by atoms with Gasteiger partial charge in [-0.05, 0) is 49.1 Å². The zero-order chi connectivity index (χ0) is 18.1. The second kappa shape index (κ2) is 7.11. The Morgan fingerprint density at radius 1 is 1.38 bits per heavy atom. The van der Waals surface area contributed by atoms with Crippen molar-refractivity contribution in [2.75, 3.05) is 13.2 Å². The van der Waals surface area contributed by atoms with Gasteiger partial charge in [0.15, 0.2) is 0 Å². The number of nitrogens with one attached hydrogen (secondary N) is 2. The first-order valence-corrected chi connectivity index (χ1v) is 9.31. The van der Waals surface area contributed by atoms with Crippen molar-refractivity contribution >= 4 is 5.91 Å². The first-order valence-electron chi connectivity index (χ1n) is 9.31. The third-order valence-electron chi connectivity index (χ3n) is 5.14.